The molecule has 5 nitrogen and oxygen atoms in total. The van der Waals surface area contributed by atoms with E-state index in [1.54, 1.807) is 6.92 Å². The molecule has 0 aromatic carbocycles. The minimum atomic E-state index is -3.43. The SMILES string of the molecule is C=C(C)C(=O)O[C@@H]1C2CC3C1OS(=O)(=O)C3C2. The molecule has 0 spiro atoms. The first-order valence-electron chi connectivity index (χ1n) is 5.69. The average Bonchev–Trinajstić information content (AvgIpc) is 2.81. The summed E-state index contributed by atoms with van der Waals surface area (Å²) in [4.78, 5) is 11.5. The Kier molecular flexibility index (Phi) is 2.19. The summed E-state index contributed by atoms with van der Waals surface area (Å²) in [6.45, 7) is 5.09. The fourth-order valence-electron chi connectivity index (χ4n) is 3.27. The Hall–Kier alpha value is -0.880. The van der Waals surface area contributed by atoms with Crippen LogP contribution >= 0.6 is 0 Å². The van der Waals surface area contributed by atoms with E-state index in [-0.39, 0.29) is 17.1 Å². The maximum atomic E-state index is 11.7. The molecule has 0 radical (unpaired) electrons. The van der Waals surface area contributed by atoms with Gasteiger partial charge in [0.05, 0.1) is 5.25 Å². The molecule has 4 unspecified atom stereocenters. The minimum absolute atomic E-state index is 0.00733. The second-order valence-corrected chi connectivity index (χ2v) is 6.92. The Balaban J connectivity index is 1.83. The molecular formula is C11H14O5S. The molecule has 2 aliphatic carbocycles. The fourth-order valence-corrected chi connectivity index (χ4v) is 5.15. The zero-order chi connectivity index (χ0) is 12.4. The number of rotatable bonds is 2. The molecule has 1 saturated heterocycles. The van der Waals surface area contributed by atoms with Crippen molar-refractivity contribution in [1.82, 2.24) is 0 Å². The van der Waals surface area contributed by atoms with Crippen molar-refractivity contribution >= 4 is 16.1 Å². The highest BCUT2D eigenvalue weighted by molar-refractivity contribution is 7.87. The third-order valence-electron chi connectivity index (χ3n) is 4.01. The van der Waals surface area contributed by atoms with Crippen molar-refractivity contribution in [3.8, 4) is 0 Å². The van der Waals surface area contributed by atoms with Gasteiger partial charge in [0.2, 0.25) is 0 Å². The van der Waals surface area contributed by atoms with Gasteiger partial charge in [-0.15, -0.1) is 0 Å². The Morgan fingerprint density at radius 1 is 1.41 bits per heavy atom. The van der Waals surface area contributed by atoms with Gasteiger partial charge >= 0.3 is 5.97 Å². The topological polar surface area (TPSA) is 69.7 Å². The van der Waals surface area contributed by atoms with Gasteiger partial charge in [0.15, 0.2) is 0 Å². The van der Waals surface area contributed by atoms with Crippen LogP contribution in [0.15, 0.2) is 12.2 Å². The first-order chi connectivity index (χ1) is 7.90. The number of esters is 1. The predicted octanol–water partition coefficient (Wildman–Crippen LogP) is 0.611. The van der Waals surface area contributed by atoms with Crippen LogP contribution in [0, 0.1) is 11.8 Å². The lowest BCUT2D eigenvalue weighted by atomic mass is 9.94. The molecule has 1 heterocycles. The number of hydrogen-bond acceptors (Lipinski definition) is 5. The summed E-state index contributed by atoms with van der Waals surface area (Å²) in [5.74, 6) is -0.338. The molecular weight excluding hydrogens is 244 g/mol. The van der Waals surface area contributed by atoms with Crippen molar-refractivity contribution in [1.29, 1.82) is 0 Å². The lowest BCUT2D eigenvalue weighted by molar-refractivity contribution is -0.150. The molecule has 17 heavy (non-hydrogen) atoms. The van der Waals surface area contributed by atoms with Gasteiger partial charge in [-0.3, -0.25) is 4.18 Å². The standard InChI is InChI=1S/C11H14O5S/c1-5(2)11(12)15-9-6-3-7-8(4-6)17(13,14)16-10(7)9/h6-10H,1,3-4H2,2H3/t6?,7?,8?,9-,10?/m1/s1. The van der Waals surface area contributed by atoms with Crippen LogP contribution in [0.2, 0.25) is 0 Å². The van der Waals surface area contributed by atoms with Crippen LogP contribution in [-0.2, 0) is 23.8 Å². The van der Waals surface area contributed by atoms with Crippen LogP contribution in [-0.4, -0.2) is 31.8 Å². The van der Waals surface area contributed by atoms with Crippen LogP contribution in [0.25, 0.3) is 0 Å². The van der Waals surface area contributed by atoms with E-state index in [1.165, 1.54) is 0 Å². The molecule has 0 aromatic rings. The first-order valence-corrected chi connectivity index (χ1v) is 7.16. The normalized spacial score (nSPS) is 44.9. The highest BCUT2D eigenvalue weighted by atomic mass is 32.2. The quantitative estimate of drug-likeness (QED) is 0.412. The Labute approximate surface area is 99.9 Å². The second kappa shape index (κ2) is 3.32. The highest BCUT2D eigenvalue weighted by Crippen LogP contribution is 2.55. The Bertz CT molecular complexity index is 494. The second-order valence-electron chi connectivity index (χ2n) is 5.14. The van der Waals surface area contributed by atoms with E-state index in [4.69, 9.17) is 8.92 Å². The largest absolute Gasteiger partial charge is 0.456 e. The van der Waals surface area contributed by atoms with Crippen molar-refractivity contribution in [2.45, 2.75) is 37.2 Å². The molecule has 0 amide bonds. The maximum absolute atomic E-state index is 11.7. The van der Waals surface area contributed by atoms with Gasteiger partial charge in [-0.05, 0) is 19.8 Å². The van der Waals surface area contributed by atoms with E-state index in [1.807, 2.05) is 0 Å². The number of carbonyl (C=O) groups is 1. The number of ether oxygens (including phenoxy) is 1. The van der Waals surface area contributed by atoms with Crippen LogP contribution in [0.5, 0.6) is 0 Å². The molecule has 2 bridgehead atoms. The van der Waals surface area contributed by atoms with Gasteiger partial charge in [0, 0.05) is 17.4 Å². The van der Waals surface area contributed by atoms with E-state index in [9.17, 15) is 13.2 Å². The third-order valence-corrected chi connectivity index (χ3v) is 5.78. The average molecular weight is 258 g/mol. The van der Waals surface area contributed by atoms with Crippen molar-refractivity contribution in [3.63, 3.8) is 0 Å². The summed E-state index contributed by atoms with van der Waals surface area (Å²) in [6.07, 6.45) is 0.449. The summed E-state index contributed by atoms with van der Waals surface area (Å²) in [7, 11) is -3.43. The zero-order valence-corrected chi connectivity index (χ0v) is 10.3. The molecule has 0 aromatic heterocycles. The molecule has 2 saturated carbocycles. The van der Waals surface area contributed by atoms with Gasteiger partial charge in [-0.25, -0.2) is 4.79 Å². The molecule has 5 atom stereocenters. The van der Waals surface area contributed by atoms with Crippen molar-refractivity contribution in [2.75, 3.05) is 0 Å². The number of carbonyl (C=O) groups excluding carboxylic acids is 1. The molecule has 6 heteroatoms. The van der Waals surface area contributed by atoms with E-state index >= 15 is 0 Å². The highest BCUT2D eigenvalue weighted by Gasteiger charge is 2.65. The fraction of sp³-hybridized carbons (Fsp3) is 0.727. The summed E-state index contributed by atoms with van der Waals surface area (Å²) >= 11 is 0. The predicted molar refractivity (Wildman–Crippen MR) is 58.5 cm³/mol. The van der Waals surface area contributed by atoms with Gasteiger partial charge in [-0.2, -0.15) is 8.42 Å². The van der Waals surface area contributed by atoms with Crippen molar-refractivity contribution in [3.05, 3.63) is 12.2 Å². The number of fused-ring (bicyclic) bond motifs is 1. The zero-order valence-electron chi connectivity index (χ0n) is 9.46. The van der Waals surface area contributed by atoms with E-state index in [0.717, 1.165) is 6.42 Å². The lowest BCUT2D eigenvalue weighted by Crippen LogP contribution is -2.37. The molecule has 94 valence electrons. The smallest absolute Gasteiger partial charge is 0.333 e. The number of hydrogen-bond donors (Lipinski definition) is 0. The molecule has 3 fully saturated rings. The van der Waals surface area contributed by atoms with E-state index in [0.29, 0.717) is 12.0 Å². The molecule has 0 N–H and O–H groups in total. The van der Waals surface area contributed by atoms with Gasteiger partial charge in [-0.1, -0.05) is 6.58 Å². The van der Waals surface area contributed by atoms with E-state index in [2.05, 4.69) is 6.58 Å². The maximum Gasteiger partial charge on any atom is 0.333 e. The first kappa shape index (κ1) is 11.2. The van der Waals surface area contributed by atoms with Gasteiger partial charge < -0.3 is 4.74 Å². The van der Waals surface area contributed by atoms with Gasteiger partial charge in [0.1, 0.15) is 12.2 Å². The Morgan fingerprint density at radius 2 is 2.12 bits per heavy atom. The van der Waals surface area contributed by atoms with Crippen LogP contribution < -0.4 is 0 Å². The Morgan fingerprint density at radius 3 is 2.76 bits per heavy atom. The van der Waals surface area contributed by atoms with Crippen LogP contribution in [0.3, 0.4) is 0 Å². The summed E-state index contributed by atoms with van der Waals surface area (Å²) in [6, 6.07) is 0. The van der Waals surface area contributed by atoms with Crippen molar-refractivity contribution in [2.24, 2.45) is 11.8 Å². The van der Waals surface area contributed by atoms with E-state index < -0.39 is 28.3 Å². The van der Waals surface area contributed by atoms with Crippen LogP contribution in [0.4, 0.5) is 0 Å². The third kappa shape index (κ3) is 1.47. The summed E-state index contributed by atoms with van der Waals surface area (Å²) in [5.41, 5.74) is 0.324. The molecule has 3 aliphatic rings. The molecule has 3 rings (SSSR count). The lowest BCUT2D eigenvalue weighted by Gasteiger charge is -2.24. The monoisotopic (exact) mass is 258 g/mol. The minimum Gasteiger partial charge on any atom is -0.456 e. The van der Waals surface area contributed by atoms with Gasteiger partial charge in [0.25, 0.3) is 10.1 Å². The summed E-state index contributed by atoms with van der Waals surface area (Å²) in [5, 5.41) is -0.378. The van der Waals surface area contributed by atoms with Crippen molar-refractivity contribution < 1.29 is 22.1 Å². The summed E-state index contributed by atoms with van der Waals surface area (Å²) < 4.78 is 33.7. The van der Waals surface area contributed by atoms with Crippen LogP contribution in [0.1, 0.15) is 19.8 Å². The molecule has 1 aliphatic heterocycles.